The first-order valence-corrected chi connectivity index (χ1v) is 13.7. The Labute approximate surface area is 152 Å². The summed E-state index contributed by atoms with van der Waals surface area (Å²) in [6.07, 6.45) is 0. The van der Waals surface area contributed by atoms with Crippen molar-refractivity contribution in [2.24, 2.45) is 0 Å². The third-order valence-corrected chi connectivity index (χ3v) is 22.4. The molecule has 2 heterocycles. The standard InChI is InChI=1S/2C8H12P.2ClH.Ti/c2*1-5-6(2)8(4)9-7(5)3;;;/h2*1-4H3;2*1H;/q2*-1;;;+4/p-2. The molecule has 2 aromatic rings. The van der Waals surface area contributed by atoms with Crippen LogP contribution in [0.4, 0.5) is 0 Å². The number of hydrogen-bond donors (Lipinski definition) is 0. The van der Waals surface area contributed by atoms with Gasteiger partial charge in [0.25, 0.3) is 0 Å². The summed E-state index contributed by atoms with van der Waals surface area (Å²) in [4.78, 5) is 0. The first-order chi connectivity index (χ1) is 8.77. The van der Waals surface area contributed by atoms with Crippen molar-refractivity contribution >= 4 is 11.1 Å². The topological polar surface area (TPSA) is 0 Å². The van der Waals surface area contributed by atoms with Gasteiger partial charge in [-0.05, 0) is 0 Å². The minimum absolute atomic E-state index is 0. The van der Waals surface area contributed by atoms with Crippen molar-refractivity contribution in [3.05, 3.63) is 43.4 Å². The molecule has 0 fully saturated rings. The van der Waals surface area contributed by atoms with E-state index in [9.17, 15) is 0 Å². The average molecular weight is 397 g/mol. The van der Waals surface area contributed by atoms with Gasteiger partial charge in [0, 0.05) is 0 Å². The molecule has 0 radical (unpaired) electrons. The van der Waals surface area contributed by atoms with Crippen molar-refractivity contribution in [1.82, 2.24) is 0 Å². The zero-order valence-electron chi connectivity index (χ0n) is 14.2. The predicted molar refractivity (Wildman–Crippen MR) is 87.0 cm³/mol. The van der Waals surface area contributed by atoms with E-state index in [1.807, 2.05) is 0 Å². The minimum atomic E-state index is 0. The molecule has 0 bridgehead atoms. The van der Waals surface area contributed by atoms with E-state index in [2.05, 4.69) is 55.4 Å². The second-order valence-corrected chi connectivity index (χ2v) is 17.4. The maximum atomic E-state index is 2.40. The molecule has 116 valence electrons. The van der Waals surface area contributed by atoms with Gasteiger partial charge in [-0.25, -0.2) is 0 Å². The molecule has 0 amide bonds. The molecule has 5 heteroatoms. The van der Waals surface area contributed by atoms with Gasteiger partial charge in [0.05, 0.1) is 0 Å². The number of rotatable bonds is 2. The summed E-state index contributed by atoms with van der Waals surface area (Å²) in [5.41, 5.74) is 6.57. The van der Waals surface area contributed by atoms with Crippen LogP contribution in [0, 0.1) is 55.4 Å². The minimum Gasteiger partial charge on any atom is -1.00 e. The molecule has 0 saturated heterocycles. The largest absolute Gasteiger partial charge is 1.00 e. The smallest absolute Gasteiger partial charge is 1.00 e. The molecule has 0 N–H and O–H groups in total. The quantitative estimate of drug-likeness (QED) is 0.646. The van der Waals surface area contributed by atoms with E-state index in [0.29, 0.717) is 0 Å². The van der Waals surface area contributed by atoms with Gasteiger partial charge in [-0.3, -0.25) is 0 Å². The van der Waals surface area contributed by atoms with Crippen LogP contribution >= 0.6 is 11.1 Å². The fourth-order valence-electron chi connectivity index (χ4n) is 2.66. The molecular weight excluding hydrogens is 373 g/mol. The Hall–Kier alpha value is 0.854. The first kappa shape index (κ1) is 21.9. The Bertz CT molecular complexity index is 547. The molecule has 0 unspecified atom stereocenters. The Morgan fingerprint density at radius 2 is 0.667 bits per heavy atom. The van der Waals surface area contributed by atoms with Gasteiger partial charge in [-0.15, -0.1) is 0 Å². The summed E-state index contributed by atoms with van der Waals surface area (Å²) >= 11 is 0.0900. The molecule has 21 heavy (non-hydrogen) atoms. The first-order valence-electron chi connectivity index (χ1n) is 6.84. The predicted octanol–water partition coefficient (Wildman–Crippen LogP) is 0.444. The molecule has 0 aromatic carbocycles. The fourth-order valence-corrected chi connectivity index (χ4v) is 23.3. The van der Waals surface area contributed by atoms with Crippen LogP contribution in [0.15, 0.2) is 0 Å². The van der Waals surface area contributed by atoms with Crippen molar-refractivity contribution in [2.45, 2.75) is 55.4 Å². The van der Waals surface area contributed by atoms with Crippen LogP contribution in [-0.2, 0) is 18.1 Å². The molecule has 0 aliphatic rings. The monoisotopic (exact) mass is 396 g/mol. The van der Waals surface area contributed by atoms with Gasteiger partial charge >= 0.3 is 128 Å². The Kier molecular flexibility index (Phi) is 8.43. The molecule has 0 aliphatic carbocycles. The molecular formula is C16H24Cl2P2Ti. The van der Waals surface area contributed by atoms with E-state index in [0.717, 1.165) is 0 Å². The van der Waals surface area contributed by atoms with Crippen molar-refractivity contribution in [3.8, 4) is 0 Å². The molecule has 0 nitrogen and oxygen atoms in total. The van der Waals surface area contributed by atoms with Crippen molar-refractivity contribution in [3.63, 3.8) is 0 Å². The zero-order valence-corrected chi connectivity index (χ0v) is 19.0. The summed E-state index contributed by atoms with van der Waals surface area (Å²) in [5, 5.41) is 6.93. The van der Waals surface area contributed by atoms with Crippen LogP contribution in [0.25, 0.3) is 0 Å². The molecule has 0 aliphatic heterocycles. The van der Waals surface area contributed by atoms with Gasteiger partial charge in [-0.1, -0.05) is 0 Å². The van der Waals surface area contributed by atoms with Crippen LogP contribution in [-0.4, -0.2) is 0 Å². The van der Waals surface area contributed by atoms with Crippen LogP contribution in [0.1, 0.15) is 43.4 Å². The van der Waals surface area contributed by atoms with Gasteiger partial charge < -0.3 is 24.8 Å². The second kappa shape index (κ2) is 8.10. The van der Waals surface area contributed by atoms with E-state index < -0.39 is 0 Å². The molecule has 0 atom stereocenters. The molecule has 2 aromatic heterocycles. The van der Waals surface area contributed by atoms with Gasteiger partial charge in [0.15, 0.2) is 0 Å². The normalized spacial score (nSPS) is 9.90. The summed E-state index contributed by atoms with van der Waals surface area (Å²) in [7, 11) is 0. The van der Waals surface area contributed by atoms with E-state index in [-0.39, 0.29) is 54.0 Å². The van der Waals surface area contributed by atoms with Gasteiger partial charge in [0.1, 0.15) is 0 Å². The van der Waals surface area contributed by atoms with Crippen molar-refractivity contribution in [1.29, 1.82) is 0 Å². The number of hydrogen-bond acceptors (Lipinski definition) is 0. The van der Waals surface area contributed by atoms with E-state index in [4.69, 9.17) is 0 Å². The SMILES string of the molecule is Cc1c(C)c(C)[p]([Ti+2][p]2c(C)c(C)c(C)c2C)c1C.[Cl-].[Cl-]. The van der Waals surface area contributed by atoms with Gasteiger partial charge in [0.2, 0.25) is 0 Å². The van der Waals surface area contributed by atoms with E-state index >= 15 is 0 Å². The van der Waals surface area contributed by atoms with Crippen LogP contribution in [0.3, 0.4) is 0 Å². The van der Waals surface area contributed by atoms with Crippen molar-refractivity contribution < 1.29 is 42.9 Å². The number of halogens is 2. The Morgan fingerprint density at radius 3 is 0.857 bits per heavy atom. The Morgan fingerprint density at radius 1 is 0.476 bits per heavy atom. The van der Waals surface area contributed by atoms with E-state index in [1.165, 1.54) is 0 Å². The van der Waals surface area contributed by atoms with Crippen LogP contribution in [0.5, 0.6) is 0 Å². The third kappa shape index (κ3) is 3.68. The zero-order chi connectivity index (χ0) is 14.5. The maximum absolute atomic E-state index is 2.40. The molecule has 0 saturated carbocycles. The summed E-state index contributed by atoms with van der Waals surface area (Å²) < 4.78 is 0. The maximum Gasteiger partial charge on any atom is -1.00 e. The van der Waals surface area contributed by atoms with Crippen molar-refractivity contribution in [2.75, 3.05) is 0 Å². The average Bonchev–Trinajstić information content (AvgIpc) is 2.68. The van der Waals surface area contributed by atoms with Crippen LogP contribution in [0.2, 0.25) is 0 Å². The summed E-state index contributed by atoms with van der Waals surface area (Å²) in [6.45, 7) is 18.9. The third-order valence-electron chi connectivity index (χ3n) is 4.84. The summed E-state index contributed by atoms with van der Waals surface area (Å²) in [6, 6.07) is 0. The molecule has 2 rings (SSSR count). The Balaban J connectivity index is 0.00000200. The second-order valence-electron chi connectivity index (χ2n) is 5.61. The van der Waals surface area contributed by atoms with Crippen LogP contribution < -0.4 is 24.8 Å². The summed E-state index contributed by atoms with van der Waals surface area (Å²) in [5.74, 6) is 0. The molecule has 0 spiro atoms. The van der Waals surface area contributed by atoms with E-state index in [1.54, 1.807) is 43.4 Å². The fraction of sp³-hybridized carbons (Fsp3) is 0.500. The van der Waals surface area contributed by atoms with Gasteiger partial charge in [-0.2, -0.15) is 0 Å².